The van der Waals surface area contributed by atoms with Crippen molar-refractivity contribution in [2.45, 2.75) is 25.3 Å². The van der Waals surface area contributed by atoms with Crippen molar-refractivity contribution in [1.29, 1.82) is 0 Å². The van der Waals surface area contributed by atoms with Gasteiger partial charge in [0, 0.05) is 41.9 Å². The van der Waals surface area contributed by atoms with Gasteiger partial charge in [-0.3, -0.25) is 24.5 Å². The second kappa shape index (κ2) is 8.98. The summed E-state index contributed by atoms with van der Waals surface area (Å²) in [6, 6.07) is 10.3. The number of aromatic amines is 1. The molecule has 0 radical (unpaired) electrons. The number of imide groups is 1. The number of aliphatic carboxylic acids is 1. The molecule has 4 N–H and O–H groups in total. The van der Waals surface area contributed by atoms with E-state index in [0.717, 1.165) is 15.8 Å². The fourth-order valence-electron chi connectivity index (χ4n) is 3.81. The number of aromatic nitrogens is 1. The fourth-order valence-corrected chi connectivity index (χ4v) is 3.81. The van der Waals surface area contributed by atoms with E-state index in [2.05, 4.69) is 16.8 Å². The Morgan fingerprint density at radius 1 is 1.09 bits per heavy atom. The Morgan fingerprint density at radius 3 is 2.42 bits per heavy atom. The van der Waals surface area contributed by atoms with Gasteiger partial charge in [0.2, 0.25) is 5.91 Å². The zero-order chi connectivity index (χ0) is 23.5. The summed E-state index contributed by atoms with van der Waals surface area (Å²) in [5.41, 5.74) is 3.96. The van der Waals surface area contributed by atoms with Gasteiger partial charge in [-0.2, -0.15) is 0 Å². The minimum Gasteiger partial charge on any atom is -0.480 e. The molecule has 1 aliphatic rings. The summed E-state index contributed by atoms with van der Waals surface area (Å²) >= 11 is 0. The number of nitrogens with one attached hydrogen (secondary N) is 2. The third kappa shape index (κ3) is 4.20. The van der Waals surface area contributed by atoms with Crippen LogP contribution in [0.1, 0.15) is 44.7 Å². The van der Waals surface area contributed by atoms with Crippen LogP contribution in [0.4, 0.5) is 0 Å². The van der Waals surface area contributed by atoms with Crippen molar-refractivity contribution in [3.63, 3.8) is 0 Å². The molecule has 1 aliphatic heterocycles. The van der Waals surface area contributed by atoms with Gasteiger partial charge in [-0.1, -0.05) is 24.0 Å². The van der Waals surface area contributed by atoms with Gasteiger partial charge >= 0.3 is 5.97 Å². The zero-order valence-corrected chi connectivity index (χ0v) is 17.3. The average Bonchev–Trinajstić information content (AvgIpc) is 3.33. The summed E-state index contributed by atoms with van der Waals surface area (Å²) in [4.78, 5) is 52.6. The second-order valence-corrected chi connectivity index (χ2v) is 7.50. The van der Waals surface area contributed by atoms with E-state index < -0.39 is 29.7 Å². The highest BCUT2D eigenvalue weighted by atomic mass is 16.5. The van der Waals surface area contributed by atoms with Gasteiger partial charge < -0.3 is 10.1 Å². The third-order valence-electron chi connectivity index (χ3n) is 5.44. The molecule has 4 rings (SSSR count). The quantitative estimate of drug-likeness (QED) is 0.198. The molecular weight excluding hydrogens is 426 g/mol. The number of hydroxylamine groups is 1. The molecule has 2 heterocycles. The molecule has 0 fully saturated rings. The Balaban J connectivity index is 1.60. The van der Waals surface area contributed by atoms with E-state index in [1.165, 1.54) is 12.1 Å². The third-order valence-corrected chi connectivity index (χ3v) is 5.44. The molecule has 0 saturated carbocycles. The van der Waals surface area contributed by atoms with Crippen LogP contribution in [-0.4, -0.2) is 49.9 Å². The topological polar surface area (TPSA) is 140 Å². The van der Waals surface area contributed by atoms with Gasteiger partial charge in [-0.05, 0) is 35.9 Å². The molecule has 1 aromatic heterocycles. The average molecular weight is 445 g/mol. The van der Waals surface area contributed by atoms with Crippen LogP contribution in [0.2, 0.25) is 0 Å². The first-order valence-corrected chi connectivity index (χ1v) is 10.1. The first kappa shape index (κ1) is 21.8. The number of hydrogen-bond acceptors (Lipinski definition) is 5. The number of carboxylic acid groups (broad SMARTS) is 1. The van der Waals surface area contributed by atoms with E-state index in [0.29, 0.717) is 11.1 Å². The minimum atomic E-state index is -1.37. The maximum Gasteiger partial charge on any atom is 0.327 e. The molecule has 0 saturated heterocycles. The maximum absolute atomic E-state index is 12.8. The molecule has 0 unspecified atom stereocenters. The number of hydrogen-bond donors (Lipinski definition) is 4. The Kier molecular flexibility index (Phi) is 5.93. The SMILES string of the molecule is O=C(CCC#Cc1ccc2[nH]cc(C[C@@H](C(=O)O)N3C(=O)c4ccccc4C3=O)c2c1)NO. The van der Waals surface area contributed by atoms with Crippen LogP contribution in [0.15, 0.2) is 48.7 Å². The zero-order valence-electron chi connectivity index (χ0n) is 17.3. The van der Waals surface area contributed by atoms with Crippen LogP contribution in [0, 0.1) is 11.8 Å². The normalized spacial score (nSPS) is 13.4. The van der Waals surface area contributed by atoms with E-state index in [1.54, 1.807) is 42.0 Å². The van der Waals surface area contributed by atoms with Crippen molar-refractivity contribution < 1.29 is 29.5 Å². The second-order valence-electron chi connectivity index (χ2n) is 7.50. The van der Waals surface area contributed by atoms with Crippen LogP contribution < -0.4 is 5.48 Å². The monoisotopic (exact) mass is 445 g/mol. The van der Waals surface area contributed by atoms with E-state index >= 15 is 0 Å². The van der Waals surface area contributed by atoms with E-state index in [4.69, 9.17) is 5.21 Å². The van der Waals surface area contributed by atoms with Crippen molar-refractivity contribution in [2.75, 3.05) is 0 Å². The molecule has 0 bridgehead atoms. The number of H-pyrrole nitrogens is 1. The molecule has 2 aromatic carbocycles. The molecule has 166 valence electrons. The largest absolute Gasteiger partial charge is 0.480 e. The highest BCUT2D eigenvalue weighted by Crippen LogP contribution is 2.28. The summed E-state index contributed by atoms with van der Waals surface area (Å²) in [5.74, 6) is 2.72. The Hall–Kier alpha value is -4.42. The van der Waals surface area contributed by atoms with Crippen LogP contribution in [0.5, 0.6) is 0 Å². The Morgan fingerprint density at radius 2 is 1.79 bits per heavy atom. The number of amides is 3. The predicted molar refractivity (Wildman–Crippen MR) is 116 cm³/mol. The van der Waals surface area contributed by atoms with Crippen molar-refractivity contribution in [2.24, 2.45) is 0 Å². The molecule has 9 nitrogen and oxygen atoms in total. The standard InChI is InChI=1S/C24H19N3O6/c28-21(26-33)8-4-1-5-14-9-10-19-18(11-14)15(13-25-19)12-20(24(31)32)27-22(29)16-6-2-3-7-17(16)23(27)30/h2-3,6-7,9-11,13,20,25,33H,4,8,12H2,(H,26,28)(H,31,32)/t20-/m0/s1. The molecule has 9 heteroatoms. The van der Waals surface area contributed by atoms with Gasteiger partial charge in [0.25, 0.3) is 11.8 Å². The van der Waals surface area contributed by atoms with Crippen molar-refractivity contribution in [3.8, 4) is 11.8 Å². The summed E-state index contributed by atoms with van der Waals surface area (Å²) in [7, 11) is 0. The lowest BCUT2D eigenvalue weighted by Gasteiger charge is -2.22. The Bertz CT molecular complexity index is 1310. The lowest BCUT2D eigenvalue weighted by molar-refractivity contribution is -0.141. The summed E-state index contributed by atoms with van der Waals surface area (Å²) < 4.78 is 0. The fraction of sp³-hybridized carbons (Fsp3) is 0.167. The van der Waals surface area contributed by atoms with Gasteiger partial charge in [0.1, 0.15) is 6.04 Å². The number of fused-ring (bicyclic) bond motifs is 2. The first-order valence-electron chi connectivity index (χ1n) is 10.1. The van der Waals surface area contributed by atoms with Crippen molar-refractivity contribution in [1.82, 2.24) is 15.4 Å². The Labute approximate surface area is 188 Å². The molecular formula is C24H19N3O6. The number of benzene rings is 2. The summed E-state index contributed by atoms with van der Waals surface area (Å²) in [5, 5.41) is 19.1. The van der Waals surface area contributed by atoms with E-state index in [-0.39, 0.29) is 30.4 Å². The lowest BCUT2D eigenvalue weighted by atomic mass is 10.0. The highest BCUT2D eigenvalue weighted by Gasteiger charge is 2.42. The van der Waals surface area contributed by atoms with Crippen LogP contribution >= 0.6 is 0 Å². The van der Waals surface area contributed by atoms with Gasteiger partial charge in [-0.15, -0.1) is 0 Å². The maximum atomic E-state index is 12.8. The van der Waals surface area contributed by atoms with Gasteiger partial charge in [0.15, 0.2) is 0 Å². The van der Waals surface area contributed by atoms with Crippen LogP contribution in [0.25, 0.3) is 10.9 Å². The van der Waals surface area contributed by atoms with Crippen molar-refractivity contribution in [3.05, 3.63) is 70.9 Å². The van der Waals surface area contributed by atoms with E-state index in [1.807, 2.05) is 0 Å². The van der Waals surface area contributed by atoms with Crippen molar-refractivity contribution >= 4 is 34.6 Å². The number of carbonyl (C=O) groups excluding carboxylic acids is 3. The number of carbonyl (C=O) groups is 4. The van der Waals surface area contributed by atoms with Gasteiger partial charge in [-0.25, -0.2) is 10.3 Å². The number of nitrogens with zero attached hydrogens (tertiary/aromatic N) is 1. The summed E-state index contributed by atoms with van der Waals surface area (Å²) in [6.07, 6.45) is 1.89. The molecule has 3 amide bonds. The van der Waals surface area contributed by atoms with Crippen LogP contribution in [-0.2, 0) is 16.0 Å². The van der Waals surface area contributed by atoms with E-state index in [9.17, 15) is 24.3 Å². The number of rotatable bonds is 6. The lowest BCUT2D eigenvalue weighted by Crippen LogP contribution is -2.46. The summed E-state index contributed by atoms with van der Waals surface area (Å²) in [6.45, 7) is 0. The minimum absolute atomic E-state index is 0.0573. The predicted octanol–water partition coefficient (Wildman–Crippen LogP) is 2.10. The molecule has 1 atom stereocenters. The molecule has 0 spiro atoms. The molecule has 33 heavy (non-hydrogen) atoms. The first-order chi connectivity index (χ1) is 15.9. The van der Waals surface area contributed by atoms with Crippen LogP contribution in [0.3, 0.4) is 0 Å². The van der Waals surface area contributed by atoms with Gasteiger partial charge in [0.05, 0.1) is 11.1 Å². The smallest absolute Gasteiger partial charge is 0.327 e. The highest BCUT2D eigenvalue weighted by molar-refractivity contribution is 6.22. The number of carboxylic acids is 1. The molecule has 3 aromatic rings. The molecule has 0 aliphatic carbocycles.